The topological polar surface area (TPSA) is 3.24 Å². The number of hydrogen-bond donors (Lipinski definition) is 0. The van der Waals surface area contributed by atoms with Crippen LogP contribution in [0.25, 0.3) is 0 Å². The van der Waals surface area contributed by atoms with Gasteiger partial charge in [0.25, 0.3) is 0 Å². The molecule has 94 valence electrons. The van der Waals surface area contributed by atoms with E-state index in [9.17, 15) is 0 Å². The first-order valence-electron chi connectivity index (χ1n) is 7.19. The van der Waals surface area contributed by atoms with Crippen LogP contribution in [0.1, 0.15) is 70.6 Å². The Morgan fingerprint density at radius 3 is 1.75 bits per heavy atom. The maximum absolute atomic E-state index is 4.19. The summed E-state index contributed by atoms with van der Waals surface area (Å²) in [5.41, 5.74) is 1.34. The molecule has 1 aliphatic rings. The van der Waals surface area contributed by atoms with Crippen LogP contribution in [0.2, 0.25) is 0 Å². The van der Waals surface area contributed by atoms with Crippen molar-refractivity contribution < 1.29 is 0 Å². The summed E-state index contributed by atoms with van der Waals surface area (Å²) >= 11 is 0. The van der Waals surface area contributed by atoms with Crippen molar-refractivity contribution in [3.8, 4) is 0 Å². The molecule has 0 aromatic heterocycles. The average molecular weight is 223 g/mol. The molecule has 16 heavy (non-hydrogen) atoms. The Labute approximate surface area is 102 Å². The molecule has 1 rings (SSSR count). The Bertz CT molecular complexity index is 186. The van der Waals surface area contributed by atoms with Gasteiger partial charge < -0.3 is 4.90 Å². The van der Waals surface area contributed by atoms with Gasteiger partial charge in [0.05, 0.1) is 0 Å². The van der Waals surface area contributed by atoms with E-state index in [1.807, 2.05) is 0 Å². The normalized spacial score (nSPS) is 22.8. The highest BCUT2D eigenvalue weighted by atomic mass is 15.1. The van der Waals surface area contributed by atoms with E-state index in [0.717, 1.165) is 0 Å². The largest absolute Gasteiger partial charge is 0.378 e. The van der Waals surface area contributed by atoms with E-state index in [1.165, 1.54) is 82.9 Å². The molecule has 1 nitrogen and oxygen atoms in total. The van der Waals surface area contributed by atoms with E-state index in [0.29, 0.717) is 0 Å². The van der Waals surface area contributed by atoms with Gasteiger partial charge in [-0.2, -0.15) is 0 Å². The lowest BCUT2D eigenvalue weighted by molar-refractivity contribution is 0.377. The quantitative estimate of drug-likeness (QED) is 0.573. The molecule has 0 atom stereocenters. The van der Waals surface area contributed by atoms with Gasteiger partial charge in [0.2, 0.25) is 0 Å². The summed E-state index contributed by atoms with van der Waals surface area (Å²) < 4.78 is 0. The number of nitrogens with zero attached hydrogens (tertiary/aromatic N) is 1. The zero-order chi connectivity index (χ0) is 11.6. The highest BCUT2D eigenvalue weighted by Crippen LogP contribution is 2.16. The molecule has 0 amide bonds. The van der Waals surface area contributed by atoms with Crippen molar-refractivity contribution in [1.29, 1.82) is 0 Å². The van der Waals surface area contributed by atoms with Crippen LogP contribution in [0, 0.1) is 0 Å². The second kappa shape index (κ2) is 8.66. The Morgan fingerprint density at radius 2 is 1.19 bits per heavy atom. The minimum Gasteiger partial charge on any atom is -0.378 e. The van der Waals surface area contributed by atoms with Gasteiger partial charge in [0.15, 0.2) is 0 Å². The second-order valence-electron chi connectivity index (χ2n) is 5.27. The molecule has 1 heterocycles. The summed E-state index contributed by atoms with van der Waals surface area (Å²) in [6.45, 7) is 5.40. The van der Waals surface area contributed by atoms with Crippen molar-refractivity contribution in [1.82, 2.24) is 4.90 Å². The maximum atomic E-state index is 4.19. The van der Waals surface area contributed by atoms with Crippen molar-refractivity contribution >= 4 is 0 Å². The smallest absolute Gasteiger partial charge is 0.0171 e. The Balaban J connectivity index is 2.24. The highest BCUT2D eigenvalue weighted by molar-refractivity contribution is 4.91. The Kier molecular flexibility index (Phi) is 7.37. The average Bonchev–Trinajstić information content (AvgIpc) is 2.29. The van der Waals surface area contributed by atoms with Crippen LogP contribution in [-0.4, -0.2) is 18.5 Å². The van der Waals surface area contributed by atoms with E-state index in [1.54, 1.807) is 0 Å². The zero-order valence-corrected chi connectivity index (χ0v) is 11.1. The first-order chi connectivity index (χ1) is 7.80. The van der Waals surface area contributed by atoms with E-state index >= 15 is 0 Å². The first-order valence-corrected chi connectivity index (χ1v) is 7.19. The van der Waals surface area contributed by atoms with Crippen molar-refractivity contribution in [3.63, 3.8) is 0 Å². The minimum absolute atomic E-state index is 1.20. The summed E-state index contributed by atoms with van der Waals surface area (Å²) in [7, 11) is 2.20. The lowest BCUT2D eigenvalue weighted by Gasteiger charge is -2.22. The molecule has 0 saturated carbocycles. The molecule has 0 aromatic rings. The monoisotopic (exact) mass is 223 g/mol. The third-order valence-electron chi connectivity index (χ3n) is 3.75. The summed E-state index contributed by atoms with van der Waals surface area (Å²) in [4.78, 5) is 2.37. The van der Waals surface area contributed by atoms with Crippen LogP contribution < -0.4 is 0 Å². The predicted octanol–water partition coefficient (Wildman–Crippen LogP) is 4.74. The van der Waals surface area contributed by atoms with Gasteiger partial charge in [-0.3, -0.25) is 0 Å². The Morgan fingerprint density at radius 1 is 0.750 bits per heavy atom. The molecule has 0 spiro atoms. The van der Waals surface area contributed by atoms with Crippen LogP contribution in [0.3, 0.4) is 0 Å². The van der Waals surface area contributed by atoms with Gasteiger partial charge in [-0.1, -0.05) is 57.9 Å². The van der Waals surface area contributed by atoms with Gasteiger partial charge in [0.1, 0.15) is 0 Å². The number of hydrogen-bond acceptors (Lipinski definition) is 1. The molecule has 1 heteroatoms. The third-order valence-corrected chi connectivity index (χ3v) is 3.75. The first kappa shape index (κ1) is 13.6. The Hall–Kier alpha value is -0.460. The summed E-state index contributed by atoms with van der Waals surface area (Å²) in [6, 6.07) is 0. The molecule has 0 unspecified atom stereocenters. The standard InChI is InChI=1S/C15H29N/c1-15-13-11-9-7-5-3-4-6-8-10-12-14-16(15)2/h1,3-14H2,2H3. The summed E-state index contributed by atoms with van der Waals surface area (Å²) in [5.74, 6) is 0. The van der Waals surface area contributed by atoms with Crippen LogP contribution in [0.15, 0.2) is 12.3 Å². The lowest BCUT2D eigenvalue weighted by Crippen LogP contribution is -2.18. The highest BCUT2D eigenvalue weighted by Gasteiger charge is 2.03. The maximum Gasteiger partial charge on any atom is 0.0171 e. The van der Waals surface area contributed by atoms with Crippen molar-refractivity contribution in [2.24, 2.45) is 0 Å². The summed E-state index contributed by atoms with van der Waals surface area (Å²) in [6.07, 6.45) is 15.4. The van der Waals surface area contributed by atoms with Crippen LogP contribution in [0.5, 0.6) is 0 Å². The molecular weight excluding hydrogens is 194 g/mol. The lowest BCUT2D eigenvalue weighted by atomic mass is 10.0. The van der Waals surface area contributed by atoms with Crippen molar-refractivity contribution in [3.05, 3.63) is 12.3 Å². The third kappa shape index (κ3) is 6.19. The number of rotatable bonds is 0. The molecule has 0 N–H and O–H groups in total. The molecule has 1 aliphatic heterocycles. The van der Waals surface area contributed by atoms with Gasteiger partial charge >= 0.3 is 0 Å². The van der Waals surface area contributed by atoms with E-state index in [2.05, 4.69) is 18.5 Å². The van der Waals surface area contributed by atoms with Crippen LogP contribution in [-0.2, 0) is 0 Å². The molecule has 0 bridgehead atoms. The van der Waals surface area contributed by atoms with E-state index in [4.69, 9.17) is 0 Å². The summed E-state index contributed by atoms with van der Waals surface area (Å²) in [5, 5.41) is 0. The molecule has 0 aliphatic carbocycles. The number of allylic oxidation sites excluding steroid dienone is 1. The fourth-order valence-corrected chi connectivity index (χ4v) is 2.44. The predicted molar refractivity (Wildman–Crippen MR) is 72.6 cm³/mol. The SMILES string of the molecule is C=C1CCCCCCCCCCCCN1C. The van der Waals surface area contributed by atoms with E-state index in [-0.39, 0.29) is 0 Å². The van der Waals surface area contributed by atoms with Crippen LogP contribution in [0.4, 0.5) is 0 Å². The fourth-order valence-electron chi connectivity index (χ4n) is 2.44. The minimum atomic E-state index is 1.20. The second-order valence-corrected chi connectivity index (χ2v) is 5.27. The molecule has 1 saturated heterocycles. The van der Waals surface area contributed by atoms with Crippen molar-refractivity contribution in [2.75, 3.05) is 13.6 Å². The van der Waals surface area contributed by atoms with Crippen LogP contribution >= 0.6 is 0 Å². The fraction of sp³-hybridized carbons (Fsp3) is 0.867. The van der Waals surface area contributed by atoms with Gasteiger partial charge in [-0.05, 0) is 19.3 Å². The molecular formula is C15H29N. The molecule has 0 aromatic carbocycles. The molecule has 0 radical (unpaired) electrons. The van der Waals surface area contributed by atoms with E-state index < -0.39 is 0 Å². The molecule has 1 fully saturated rings. The zero-order valence-electron chi connectivity index (χ0n) is 11.1. The van der Waals surface area contributed by atoms with Crippen molar-refractivity contribution in [2.45, 2.75) is 70.6 Å². The van der Waals surface area contributed by atoms with Gasteiger partial charge in [0, 0.05) is 19.3 Å². The van der Waals surface area contributed by atoms with Gasteiger partial charge in [-0.25, -0.2) is 0 Å². The van der Waals surface area contributed by atoms with Gasteiger partial charge in [-0.15, -0.1) is 0 Å².